The van der Waals surface area contributed by atoms with Crippen molar-refractivity contribution in [3.8, 4) is 35.5 Å². The Kier molecular flexibility index (Phi) is 5.24. The number of pyridine rings is 2. The molecule has 4 aromatic heterocycles. The van der Waals surface area contributed by atoms with E-state index in [0.29, 0.717) is 33.7 Å². The molecule has 0 saturated heterocycles. The Balaban J connectivity index is 1.80. The minimum atomic E-state index is 0.00944. The molecule has 0 radical (unpaired) electrons. The van der Waals surface area contributed by atoms with Crippen molar-refractivity contribution in [1.29, 1.82) is 10.5 Å². The highest BCUT2D eigenvalue weighted by atomic mass is 79.9. The predicted octanol–water partition coefficient (Wildman–Crippen LogP) is 4.40. The lowest BCUT2D eigenvalue weighted by Gasteiger charge is -2.09. The van der Waals surface area contributed by atoms with Crippen LogP contribution in [0.5, 0.6) is 23.4 Å². The lowest BCUT2D eigenvalue weighted by molar-refractivity contribution is 0.415. The van der Waals surface area contributed by atoms with E-state index in [4.69, 9.17) is 20.0 Å². The number of halogens is 1. The van der Waals surface area contributed by atoms with Gasteiger partial charge in [0.2, 0.25) is 5.88 Å². The van der Waals surface area contributed by atoms with Crippen LogP contribution in [0.4, 0.5) is 0 Å². The number of aromatic amines is 1. The van der Waals surface area contributed by atoms with Gasteiger partial charge in [-0.15, -0.1) is 0 Å². The van der Waals surface area contributed by atoms with Crippen molar-refractivity contribution in [3.63, 3.8) is 0 Å². The maximum Gasteiger partial charge on any atom is 0.327 e. The zero-order valence-electron chi connectivity index (χ0n) is 15.5. The maximum absolute atomic E-state index is 9.10. The van der Waals surface area contributed by atoms with Crippen LogP contribution < -0.4 is 9.47 Å². The molecule has 4 aromatic rings. The summed E-state index contributed by atoms with van der Waals surface area (Å²) in [5.74, 6) is 0.882. The zero-order valence-corrected chi connectivity index (χ0v) is 17.1. The topological polar surface area (TPSA) is 133 Å². The Morgan fingerprint density at radius 2 is 1.60 bits per heavy atom. The highest BCUT2D eigenvalue weighted by Crippen LogP contribution is 2.37. The van der Waals surface area contributed by atoms with E-state index in [0.717, 1.165) is 16.6 Å². The molecule has 0 aliphatic carbocycles. The smallest absolute Gasteiger partial charge is 0.327 e. The van der Waals surface area contributed by atoms with Crippen molar-refractivity contribution in [3.05, 3.63) is 58.2 Å². The first kappa shape index (κ1) is 19.3. The Bertz CT molecular complexity index is 1340. The van der Waals surface area contributed by atoms with Crippen molar-refractivity contribution < 1.29 is 9.47 Å². The van der Waals surface area contributed by atoms with Gasteiger partial charge in [0.15, 0.2) is 5.75 Å². The largest absolute Gasteiger partial charge is 0.436 e. The molecule has 0 aliphatic heterocycles. The highest BCUT2D eigenvalue weighted by molar-refractivity contribution is 9.10. The van der Waals surface area contributed by atoms with E-state index in [9.17, 15) is 0 Å². The average molecular weight is 462 g/mol. The van der Waals surface area contributed by atoms with Crippen LogP contribution in [-0.2, 0) is 6.42 Å². The molecular weight excluding hydrogens is 450 g/mol. The number of hydrogen-bond donors (Lipinski definition) is 1. The number of aromatic nitrogens is 5. The van der Waals surface area contributed by atoms with Gasteiger partial charge in [-0.2, -0.15) is 20.5 Å². The number of rotatable bonds is 5. The van der Waals surface area contributed by atoms with E-state index >= 15 is 0 Å². The first-order valence-electron chi connectivity index (χ1n) is 8.75. The second kappa shape index (κ2) is 8.15. The summed E-state index contributed by atoms with van der Waals surface area (Å²) in [6, 6.07) is 7.12. The molecule has 0 spiro atoms. The van der Waals surface area contributed by atoms with Gasteiger partial charge >= 0.3 is 6.01 Å². The van der Waals surface area contributed by atoms with Crippen LogP contribution in [0, 0.1) is 22.7 Å². The number of hydrogen-bond acceptors (Lipinski definition) is 8. The Morgan fingerprint density at radius 3 is 2.20 bits per heavy atom. The molecular formula is C20H12BrN7O2. The third-order valence-corrected chi connectivity index (χ3v) is 4.95. The van der Waals surface area contributed by atoms with E-state index in [1.54, 1.807) is 6.07 Å². The van der Waals surface area contributed by atoms with E-state index in [2.05, 4.69) is 40.8 Å². The fourth-order valence-electron chi connectivity index (χ4n) is 2.71. The molecule has 146 valence electrons. The van der Waals surface area contributed by atoms with E-state index in [-0.39, 0.29) is 11.9 Å². The number of H-pyrrole nitrogens is 1. The quantitative estimate of drug-likeness (QED) is 0.461. The second-order valence-corrected chi connectivity index (χ2v) is 6.85. The van der Waals surface area contributed by atoms with Gasteiger partial charge in [-0.25, -0.2) is 0 Å². The van der Waals surface area contributed by atoms with Crippen molar-refractivity contribution >= 4 is 27.0 Å². The molecule has 0 unspecified atom stereocenters. The third kappa shape index (κ3) is 3.77. The molecule has 0 saturated carbocycles. The summed E-state index contributed by atoms with van der Waals surface area (Å²) in [6.45, 7) is 2.00. The second-order valence-electron chi connectivity index (χ2n) is 6.05. The van der Waals surface area contributed by atoms with E-state index in [1.165, 1.54) is 30.9 Å². The maximum atomic E-state index is 9.10. The molecule has 30 heavy (non-hydrogen) atoms. The van der Waals surface area contributed by atoms with Gasteiger partial charge in [0.25, 0.3) is 0 Å². The molecule has 0 aliphatic rings. The summed E-state index contributed by atoms with van der Waals surface area (Å²) < 4.78 is 12.4. The van der Waals surface area contributed by atoms with E-state index in [1.807, 2.05) is 19.1 Å². The number of ether oxygens (including phenoxy) is 2. The molecule has 4 heterocycles. The monoisotopic (exact) mass is 461 g/mol. The minimum Gasteiger partial charge on any atom is -0.436 e. The number of nitriles is 2. The van der Waals surface area contributed by atoms with Crippen LogP contribution >= 0.6 is 15.9 Å². The molecule has 0 atom stereocenters. The Labute approximate surface area is 179 Å². The van der Waals surface area contributed by atoms with Gasteiger partial charge in [-0.1, -0.05) is 6.92 Å². The summed E-state index contributed by atoms with van der Waals surface area (Å²) in [5, 5.41) is 18.8. The van der Waals surface area contributed by atoms with Gasteiger partial charge in [0.1, 0.15) is 23.5 Å². The summed E-state index contributed by atoms with van der Waals surface area (Å²) in [6.07, 6.45) is 6.53. The standard InChI is InChI=1S/C20H12BrN7O2/c1-2-15-17(21)16-18(26-15)27-20(30-14-4-12(6-23)8-25-10-14)28-19(16)29-13-3-11(5-22)7-24-9-13/h3-4,7-10H,2H2,1H3,(H,26,27,28). The van der Waals surface area contributed by atoms with Crippen LogP contribution in [-0.4, -0.2) is 24.9 Å². The van der Waals surface area contributed by atoms with Crippen molar-refractivity contribution in [2.24, 2.45) is 0 Å². The van der Waals surface area contributed by atoms with Gasteiger partial charge in [0.05, 0.1) is 33.4 Å². The molecule has 1 N–H and O–H groups in total. The van der Waals surface area contributed by atoms with Crippen molar-refractivity contribution in [2.45, 2.75) is 13.3 Å². The minimum absolute atomic E-state index is 0.00944. The molecule has 0 amide bonds. The zero-order chi connectivity index (χ0) is 21.1. The molecule has 9 nitrogen and oxygen atoms in total. The first-order chi connectivity index (χ1) is 14.6. The van der Waals surface area contributed by atoms with Gasteiger partial charge in [-0.3, -0.25) is 9.97 Å². The van der Waals surface area contributed by atoms with Crippen LogP contribution in [0.2, 0.25) is 0 Å². The normalized spacial score (nSPS) is 10.4. The fraction of sp³-hybridized carbons (Fsp3) is 0.100. The average Bonchev–Trinajstić information content (AvgIpc) is 3.09. The molecule has 0 aromatic carbocycles. The summed E-state index contributed by atoms with van der Waals surface area (Å²) >= 11 is 3.57. The predicted molar refractivity (Wildman–Crippen MR) is 109 cm³/mol. The highest BCUT2D eigenvalue weighted by Gasteiger charge is 2.19. The Morgan fingerprint density at radius 1 is 0.967 bits per heavy atom. The van der Waals surface area contributed by atoms with Gasteiger partial charge < -0.3 is 14.5 Å². The lowest BCUT2D eigenvalue weighted by atomic mass is 10.3. The summed E-state index contributed by atoms with van der Waals surface area (Å²) in [7, 11) is 0. The molecule has 10 heteroatoms. The van der Waals surface area contributed by atoms with Gasteiger partial charge in [0, 0.05) is 30.2 Å². The summed E-state index contributed by atoms with van der Waals surface area (Å²) in [5.41, 5.74) is 2.13. The van der Waals surface area contributed by atoms with Crippen LogP contribution in [0.1, 0.15) is 23.7 Å². The number of aryl methyl sites for hydroxylation is 1. The lowest BCUT2D eigenvalue weighted by Crippen LogP contribution is -1.97. The third-order valence-electron chi connectivity index (χ3n) is 4.07. The fourth-order valence-corrected chi connectivity index (χ4v) is 3.45. The number of nitrogens with zero attached hydrogens (tertiary/aromatic N) is 6. The number of fused-ring (bicyclic) bond motifs is 1. The van der Waals surface area contributed by atoms with Crippen LogP contribution in [0.25, 0.3) is 11.0 Å². The van der Waals surface area contributed by atoms with Gasteiger partial charge in [-0.05, 0) is 22.4 Å². The SMILES string of the molecule is CCc1[nH]c2nc(Oc3cncc(C#N)c3)nc(Oc3cncc(C#N)c3)c2c1Br. The molecule has 0 bridgehead atoms. The molecule has 0 fully saturated rings. The van der Waals surface area contributed by atoms with Crippen LogP contribution in [0.3, 0.4) is 0 Å². The van der Waals surface area contributed by atoms with Crippen LogP contribution in [0.15, 0.2) is 41.4 Å². The molecule has 4 rings (SSSR count). The Hall–Kier alpha value is -4.02. The van der Waals surface area contributed by atoms with Crippen molar-refractivity contribution in [1.82, 2.24) is 24.9 Å². The van der Waals surface area contributed by atoms with Crippen molar-refractivity contribution in [2.75, 3.05) is 0 Å². The number of nitrogens with one attached hydrogen (secondary N) is 1. The summed E-state index contributed by atoms with van der Waals surface area (Å²) in [4.78, 5) is 20.0. The van der Waals surface area contributed by atoms with E-state index < -0.39 is 0 Å². The first-order valence-corrected chi connectivity index (χ1v) is 9.54.